The zero-order chi connectivity index (χ0) is 17.1. The first-order valence-electron chi connectivity index (χ1n) is 7.92. The number of amides is 1. The third kappa shape index (κ3) is 3.32. The molecule has 1 fully saturated rings. The SMILES string of the molecule is CC[C@@H]1CN(C(=O)c2cnc(SC)n2-c2ccc(F)cc2)CCO1. The van der Waals surface area contributed by atoms with Crippen molar-refractivity contribution in [3.05, 3.63) is 42.0 Å². The molecular weight excluding hydrogens is 329 g/mol. The van der Waals surface area contributed by atoms with Crippen LogP contribution in [0.25, 0.3) is 5.69 Å². The van der Waals surface area contributed by atoms with E-state index in [0.717, 1.165) is 12.1 Å². The van der Waals surface area contributed by atoms with Gasteiger partial charge in [-0.25, -0.2) is 9.37 Å². The number of rotatable bonds is 4. The van der Waals surface area contributed by atoms with Crippen LogP contribution in [-0.2, 0) is 4.74 Å². The van der Waals surface area contributed by atoms with E-state index in [-0.39, 0.29) is 17.8 Å². The van der Waals surface area contributed by atoms with E-state index < -0.39 is 0 Å². The Balaban J connectivity index is 1.94. The van der Waals surface area contributed by atoms with Crippen molar-refractivity contribution in [1.29, 1.82) is 0 Å². The highest BCUT2D eigenvalue weighted by Gasteiger charge is 2.27. The van der Waals surface area contributed by atoms with E-state index in [9.17, 15) is 9.18 Å². The number of hydrogen-bond acceptors (Lipinski definition) is 4. The fraction of sp³-hybridized carbons (Fsp3) is 0.412. The van der Waals surface area contributed by atoms with Gasteiger partial charge in [0.05, 0.1) is 18.9 Å². The summed E-state index contributed by atoms with van der Waals surface area (Å²) in [6.45, 7) is 3.74. The van der Waals surface area contributed by atoms with Gasteiger partial charge in [-0.2, -0.15) is 0 Å². The minimum atomic E-state index is -0.309. The number of carbonyl (C=O) groups excluding carboxylic acids is 1. The summed E-state index contributed by atoms with van der Waals surface area (Å²) in [4.78, 5) is 19.1. The van der Waals surface area contributed by atoms with E-state index >= 15 is 0 Å². The predicted molar refractivity (Wildman–Crippen MR) is 91.2 cm³/mol. The topological polar surface area (TPSA) is 47.4 Å². The lowest BCUT2D eigenvalue weighted by Crippen LogP contribution is -2.45. The van der Waals surface area contributed by atoms with Gasteiger partial charge in [-0.3, -0.25) is 9.36 Å². The molecule has 2 aromatic rings. The molecule has 1 amide bonds. The maximum Gasteiger partial charge on any atom is 0.272 e. The number of imidazole rings is 1. The van der Waals surface area contributed by atoms with Crippen molar-refractivity contribution < 1.29 is 13.9 Å². The summed E-state index contributed by atoms with van der Waals surface area (Å²) in [5, 5.41) is 0.699. The Kier molecular flexibility index (Phi) is 5.20. The molecule has 1 aliphatic rings. The Morgan fingerprint density at radius 1 is 1.42 bits per heavy atom. The lowest BCUT2D eigenvalue weighted by Gasteiger charge is -2.32. The smallest absolute Gasteiger partial charge is 0.272 e. The van der Waals surface area contributed by atoms with Gasteiger partial charge in [0, 0.05) is 18.8 Å². The fourth-order valence-corrected chi connectivity index (χ4v) is 3.33. The summed E-state index contributed by atoms with van der Waals surface area (Å²) in [6, 6.07) is 6.08. The van der Waals surface area contributed by atoms with Crippen molar-refractivity contribution in [1.82, 2.24) is 14.5 Å². The lowest BCUT2D eigenvalue weighted by molar-refractivity contribution is -0.0229. The van der Waals surface area contributed by atoms with Gasteiger partial charge in [0.2, 0.25) is 0 Å². The third-order valence-corrected chi connectivity index (χ3v) is 4.75. The van der Waals surface area contributed by atoms with E-state index in [4.69, 9.17) is 4.74 Å². The minimum Gasteiger partial charge on any atom is -0.375 e. The molecule has 1 aromatic carbocycles. The molecule has 1 aliphatic heterocycles. The molecule has 0 spiro atoms. The van der Waals surface area contributed by atoms with Gasteiger partial charge in [0.25, 0.3) is 5.91 Å². The van der Waals surface area contributed by atoms with Gasteiger partial charge < -0.3 is 9.64 Å². The average Bonchev–Trinajstić information content (AvgIpc) is 3.05. The molecule has 1 aromatic heterocycles. The van der Waals surface area contributed by atoms with Gasteiger partial charge in [0.1, 0.15) is 11.5 Å². The van der Waals surface area contributed by atoms with Crippen LogP contribution in [-0.4, -0.2) is 52.4 Å². The van der Waals surface area contributed by atoms with Crippen LogP contribution in [0, 0.1) is 5.82 Å². The molecule has 7 heteroatoms. The summed E-state index contributed by atoms with van der Waals surface area (Å²) in [5.74, 6) is -0.384. The first-order chi connectivity index (χ1) is 11.6. The highest BCUT2D eigenvalue weighted by molar-refractivity contribution is 7.98. The standard InChI is InChI=1S/C17H20FN3O2S/c1-3-14-11-20(8-9-23-14)16(22)15-10-19-17(24-2)21(15)13-6-4-12(18)5-7-13/h4-7,10,14H,3,8-9,11H2,1-2H3/t14-/m1/s1. The Morgan fingerprint density at radius 3 is 2.83 bits per heavy atom. The van der Waals surface area contributed by atoms with Crippen LogP contribution in [0.4, 0.5) is 4.39 Å². The second-order valence-electron chi connectivity index (χ2n) is 5.59. The average molecular weight is 349 g/mol. The van der Waals surface area contributed by atoms with Crippen LogP contribution in [0.15, 0.2) is 35.6 Å². The van der Waals surface area contributed by atoms with Crippen LogP contribution in [0.1, 0.15) is 23.8 Å². The van der Waals surface area contributed by atoms with Gasteiger partial charge in [-0.05, 0) is 36.9 Å². The number of nitrogens with zero attached hydrogens (tertiary/aromatic N) is 3. The second-order valence-corrected chi connectivity index (χ2v) is 6.37. The van der Waals surface area contributed by atoms with Crippen molar-refractivity contribution in [2.24, 2.45) is 0 Å². The number of morpholine rings is 1. The van der Waals surface area contributed by atoms with E-state index in [1.807, 2.05) is 13.2 Å². The van der Waals surface area contributed by atoms with Gasteiger partial charge >= 0.3 is 0 Å². The predicted octanol–water partition coefficient (Wildman–Crippen LogP) is 2.98. The van der Waals surface area contributed by atoms with E-state index in [1.165, 1.54) is 23.9 Å². The van der Waals surface area contributed by atoms with Crippen LogP contribution in [0.5, 0.6) is 0 Å². The lowest BCUT2D eigenvalue weighted by atomic mass is 10.2. The van der Waals surface area contributed by atoms with E-state index in [0.29, 0.717) is 30.5 Å². The molecule has 1 saturated heterocycles. The minimum absolute atomic E-state index is 0.0740. The Morgan fingerprint density at radius 2 is 2.17 bits per heavy atom. The molecule has 0 N–H and O–H groups in total. The summed E-state index contributed by atoms with van der Waals surface area (Å²) in [7, 11) is 0. The van der Waals surface area contributed by atoms with Crippen LogP contribution in [0.2, 0.25) is 0 Å². The number of carbonyl (C=O) groups is 1. The molecule has 5 nitrogen and oxygen atoms in total. The van der Waals surface area contributed by atoms with Gasteiger partial charge in [-0.1, -0.05) is 18.7 Å². The summed E-state index contributed by atoms with van der Waals surface area (Å²) < 4.78 is 20.6. The number of thioether (sulfide) groups is 1. The molecule has 0 radical (unpaired) electrons. The van der Waals surface area contributed by atoms with Crippen molar-refractivity contribution in [2.45, 2.75) is 24.6 Å². The molecule has 24 heavy (non-hydrogen) atoms. The van der Waals surface area contributed by atoms with Crippen molar-refractivity contribution >= 4 is 17.7 Å². The van der Waals surface area contributed by atoms with Crippen molar-refractivity contribution in [2.75, 3.05) is 26.0 Å². The first-order valence-corrected chi connectivity index (χ1v) is 9.15. The van der Waals surface area contributed by atoms with Crippen LogP contribution >= 0.6 is 11.8 Å². The molecule has 1 atom stereocenters. The second kappa shape index (κ2) is 7.36. The maximum absolute atomic E-state index is 13.2. The number of hydrogen-bond donors (Lipinski definition) is 0. The largest absolute Gasteiger partial charge is 0.375 e. The maximum atomic E-state index is 13.2. The summed E-state index contributed by atoms with van der Waals surface area (Å²) >= 11 is 1.45. The zero-order valence-electron chi connectivity index (χ0n) is 13.7. The normalized spacial score (nSPS) is 18.0. The quantitative estimate of drug-likeness (QED) is 0.796. The highest BCUT2D eigenvalue weighted by Crippen LogP contribution is 2.23. The fourth-order valence-electron chi connectivity index (χ4n) is 2.78. The van der Waals surface area contributed by atoms with Crippen molar-refractivity contribution in [3.8, 4) is 5.69 Å². The highest BCUT2D eigenvalue weighted by atomic mass is 32.2. The van der Waals surface area contributed by atoms with Gasteiger partial charge in [-0.15, -0.1) is 0 Å². The molecule has 2 heterocycles. The van der Waals surface area contributed by atoms with E-state index in [1.54, 1.807) is 27.8 Å². The molecule has 128 valence electrons. The molecule has 0 aliphatic carbocycles. The summed E-state index contributed by atoms with van der Waals surface area (Å²) in [6.07, 6.45) is 4.44. The molecule has 0 unspecified atom stereocenters. The third-order valence-electron chi connectivity index (χ3n) is 4.10. The summed E-state index contributed by atoms with van der Waals surface area (Å²) in [5.41, 5.74) is 1.21. The molecule has 0 saturated carbocycles. The molecule has 0 bridgehead atoms. The molecule has 3 rings (SSSR count). The number of ether oxygens (including phenoxy) is 1. The Bertz CT molecular complexity index is 717. The van der Waals surface area contributed by atoms with Crippen molar-refractivity contribution in [3.63, 3.8) is 0 Å². The zero-order valence-corrected chi connectivity index (χ0v) is 14.6. The Hall–Kier alpha value is -1.86. The number of halogens is 1. The first kappa shape index (κ1) is 17.0. The number of aromatic nitrogens is 2. The van der Waals surface area contributed by atoms with Crippen LogP contribution in [0.3, 0.4) is 0 Å². The van der Waals surface area contributed by atoms with E-state index in [2.05, 4.69) is 4.98 Å². The van der Waals surface area contributed by atoms with Gasteiger partial charge in [0.15, 0.2) is 5.16 Å². The monoisotopic (exact) mass is 349 g/mol. The van der Waals surface area contributed by atoms with Crippen LogP contribution < -0.4 is 0 Å². The Labute approximate surface area is 144 Å². The molecular formula is C17H20FN3O2S. The number of benzene rings is 1.